The van der Waals surface area contributed by atoms with Crippen molar-refractivity contribution < 1.29 is 0 Å². The third-order valence-corrected chi connectivity index (χ3v) is 1.71. The Morgan fingerprint density at radius 1 is 0.909 bits per heavy atom. The molecule has 11 heavy (non-hydrogen) atoms. The van der Waals surface area contributed by atoms with Crippen LogP contribution in [-0.4, -0.2) is 0 Å². The lowest BCUT2D eigenvalue weighted by molar-refractivity contribution is 1.14. The zero-order valence-electron chi connectivity index (χ0n) is 6.12. The lowest BCUT2D eigenvalue weighted by atomic mass is 10.1. The fourth-order valence-electron chi connectivity index (χ4n) is 1.13. The van der Waals surface area contributed by atoms with Crippen molar-refractivity contribution in [3.8, 4) is 0 Å². The fraction of sp³-hybridized carbons (Fsp3) is 0. The largest absolute Gasteiger partial charge is 0.367 e. The van der Waals surface area contributed by atoms with Crippen molar-refractivity contribution in [1.29, 1.82) is 0 Å². The Balaban J connectivity index is 2.44. The molecule has 0 bridgehead atoms. The molecule has 0 unspecified atom stereocenters. The molecule has 0 aromatic rings. The molecule has 1 aliphatic heterocycles. The molecule has 1 aliphatic carbocycles. The van der Waals surface area contributed by atoms with Crippen LogP contribution in [0.3, 0.4) is 0 Å². The summed E-state index contributed by atoms with van der Waals surface area (Å²) in [5, 5.41) is 3.05. The quantitative estimate of drug-likeness (QED) is 0.547. The number of fused-ring (bicyclic) bond motifs is 1. The minimum absolute atomic E-state index is 1.23. The highest BCUT2D eigenvalue weighted by molar-refractivity contribution is 5.52. The summed E-state index contributed by atoms with van der Waals surface area (Å²) < 4.78 is 0. The third kappa shape index (κ3) is 1.17. The van der Waals surface area contributed by atoms with E-state index in [1.54, 1.807) is 0 Å². The maximum Gasteiger partial charge on any atom is 0.00836 e. The van der Waals surface area contributed by atoms with Gasteiger partial charge in [0, 0.05) is 12.4 Å². The second-order valence-corrected chi connectivity index (χ2v) is 2.47. The molecule has 0 radical (unpaired) electrons. The molecule has 0 saturated carbocycles. The van der Waals surface area contributed by atoms with Crippen molar-refractivity contribution in [2.24, 2.45) is 0 Å². The van der Waals surface area contributed by atoms with Gasteiger partial charge in [-0.05, 0) is 17.2 Å². The Morgan fingerprint density at radius 2 is 1.91 bits per heavy atom. The molecule has 1 nitrogen and oxygen atoms in total. The van der Waals surface area contributed by atoms with Crippen LogP contribution < -0.4 is 5.32 Å². The molecule has 0 aromatic carbocycles. The Labute approximate surface area is 66.1 Å². The summed E-state index contributed by atoms with van der Waals surface area (Å²) >= 11 is 0. The first kappa shape index (κ1) is 6.23. The van der Waals surface area contributed by atoms with E-state index in [9.17, 15) is 0 Å². The van der Waals surface area contributed by atoms with Gasteiger partial charge in [0.15, 0.2) is 0 Å². The highest BCUT2D eigenvalue weighted by Gasteiger charge is 2.01. The molecule has 0 amide bonds. The van der Waals surface area contributed by atoms with Gasteiger partial charge in [0.05, 0.1) is 0 Å². The zero-order valence-corrected chi connectivity index (χ0v) is 6.12. The first-order valence-electron chi connectivity index (χ1n) is 3.65. The van der Waals surface area contributed by atoms with Crippen LogP contribution in [0, 0.1) is 0 Å². The van der Waals surface area contributed by atoms with Gasteiger partial charge in [-0.3, -0.25) is 0 Å². The van der Waals surface area contributed by atoms with Crippen LogP contribution in [-0.2, 0) is 0 Å². The zero-order chi connectivity index (χ0) is 7.52. The molecular weight excluding hydrogens is 134 g/mol. The minimum Gasteiger partial charge on any atom is -0.367 e. The number of allylic oxidation sites excluding steroid dienone is 8. The smallest absolute Gasteiger partial charge is 0.00836 e. The summed E-state index contributed by atoms with van der Waals surface area (Å²) in [6.45, 7) is 0. The van der Waals surface area contributed by atoms with Crippen LogP contribution in [0.1, 0.15) is 0 Å². The molecule has 0 atom stereocenters. The number of hydrogen-bond donors (Lipinski definition) is 1. The first-order valence-corrected chi connectivity index (χ1v) is 3.65. The second-order valence-electron chi connectivity index (χ2n) is 2.47. The van der Waals surface area contributed by atoms with E-state index in [1.807, 2.05) is 30.6 Å². The van der Waals surface area contributed by atoms with Gasteiger partial charge in [-0.25, -0.2) is 0 Å². The van der Waals surface area contributed by atoms with Gasteiger partial charge in [-0.15, -0.1) is 0 Å². The van der Waals surface area contributed by atoms with E-state index in [1.165, 1.54) is 11.1 Å². The second kappa shape index (κ2) is 2.62. The minimum atomic E-state index is 1.23. The van der Waals surface area contributed by atoms with Crippen molar-refractivity contribution in [3.05, 3.63) is 60.0 Å². The number of dihydropyridines is 1. The highest BCUT2D eigenvalue weighted by atomic mass is 14.8. The molecular formula is C10H9N. The Kier molecular flexibility index (Phi) is 1.48. The van der Waals surface area contributed by atoms with E-state index < -0.39 is 0 Å². The molecule has 54 valence electrons. The van der Waals surface area contributed by atoms with Gasteiger partial charge in [0.1, 0.15) is 0 Å². The van der Waals surface area contributed by atoms with Crippen molar-refractivity contribution >= 4 is 0 Å². The molecule has 0 fully saturated rings. The molecule has 1 N–H and O–H groups in total. The van der Waals surface area contributed by atoms with Crippen LogP contribution >= 0.6 is 0 Å². The maximum absolute atomic E-state index is 3.05. The SMILES string of the molecule is C1=CC=C2C=CNC=C2C=C1. The lowest BCUT2D eigenvalue weighted by Crippen LogP contribution is -2.01. The van der Waals surface area contributed by atoms with Crippen LogP contribution in [0.4, 0.5) is 0 Å². The summed E-state index contributed by atoms with van der Waals surface area (Å²) in [7, 11) is 0. The topological polar surface area (TPSA) is 12.0 Å². The normalized spacial score (nSPS) is 19.6. The molecule has 1 heteroatoms. The van der Waals surface area contributed by atoms with Crippen LogP contribution in [0.2, 0.25) is 0 Å². The van der Waals surface area contributed by atoms with Crippen molar-refractivity contribution in [3.63, 3.8) is 0 Å². The van der Waals surface area contributed by atoms with Gasteiger partial charge in [-0.1, -0.05) is 30.4 Å². The summed E-state index contributed by atoms with van der Waals surface area (Å²) in [5.74, 6) is 0. The number of rotatable bonds is 0. The highest BCUT2D eigenvalue weighted by Crippen LogP contribution is 2.17. The van der Waals surface area contributed by atoms with E-state index in [0.29, 0.717) is 0 Å². The molecule has 2 rings (SSSR count). The Hall–Kier alpha value is -1.50. The van der Waals surface area contributed by atoms with Gasteiger partial charge >= 0.3 is 0 Å². The predicted octanol–water partition coefficient (Wildman–Crippen LogP) is 2.04. The monoisotopic (exact) mass is 143 g/mol. The van der Waals surface area contributed by atoms with Crippen LogP contribution in [0.15, 0.2) is 60.0 Å². The summed E-state index contributed by atoms with van der Waals surface area (Å²) in [4.78, 5) is 0. The molecule has 0 saturated heterocycles. The van der Waals surface area contributed by atoms with Crippen molar-refractivity contribution in [2.45, 2.75) is 0 Å². The van der Waals surface area contributed by atoms with Crippen LogP contribution in [0.25, 0.3) is 0 Å². The summed E-state index contributed by atoms with van der Waals surface area (Å²) in [6.07, 6.45) is 16.3. The Morgan fingerprint density at radius 3 is 2.91 bits per heavy atom. The van der Waals surface area contributed by atoms with E-state index in [0.717, 1.165) is 0 Å². The number of nitrogens with one attached hydrogen (secondary N) is 1. The standard InChI is InChI=1S/C10H9N/c1-2-4-9-6-7-11-8-10(9)5-3-1/h1-8,11H. The molecule has 0 spiro atoms. The molecule has 2 aliphatic rings. The van der Waals surface area contributed by atoms with Gasteiger partial charge in [0.25, 0.3) is 0 Å². The van der Waals surface area contributed by atoms with E-state index in [-0.39, 0.29) is 0 Å². The van der Waals surface area contributed by atoms with E-state index in [4.69, 9.17) is 0 Å². The Bertz CT molecular complexity index is 301. The number of hydrogen-bond acceptors (Lipinski definition) is 1. The van der Waals surface area contributed by atoms with Gasteiger partial charge in [-0.2, -0.15) is 0 Å². The van der Waals surface area contributed by atoms with Crippen molar-refractivity contribution in [2.75, 3.05) is 0 Å². The maximum atomic E-state index is 3.05. The van der Waals surface area contributed by atoms with E-state index in [2.05, 4.69) is 23.5 Å². The average Bonchev–Trinajstić information content (AvgIpc) is 2.28. The molecule has 1 heterocycles. The van der Waals surface area contributed by atoms with Gasteiger partial charge in [0.2, 0.25) is 0 Å². The van der Waals surface area contributed by atoms with Crippen molar-refractivity contribution in [1.82, 2.24) is 5.32 Å². The first-order chi connectivity index (χ1) is 5.47. The lowest BCUT2D eigenvalue weighted by Gasteiger charge is -2.07. The summed E-state index contributed by atoms with van der Waals surface area (Å²) in [5.41, 5.74) is 2.49. The molecule has 0 aromatic heterocycles. The fourth-order valence-corrected chi connectivity index (χ4v) is 1.13. The predicted molar refractivity (Wildman–Crippen MR) is 46.7 cm³/mol. The van der Waals surface area contributed by atoms with E-state index >= 15 is 0 Å². The van der Waals surface area contributed by atoms with Crippen LogP contribution in [0.5, 0.6) is 0 Å². The average molecular weight is 143 g/mol. The third-order valence-electron chi connectivity index (χ3n) is 1.71. The van der Waals surface area contributed by atoms with Gasteiger partial charge < -0.3 is 5.32 Å². The summed E-state index contributed by atoms with van der Waals surface area (Å²) in [6, 6.07) is 0.